The Morgan fingerprint density at radius 1 is 0.630 bits per heavy atom. The summed E-state index contributed by atoms with van der Waals surface area (Å²) < 4.78 is 15.8. The molecule has 0 aromatic carbocycles. The predicted octanol–water partition coefficient (Wildman–Crippen LogP) is 7.65. The third-order valence-corrected chi connectivity index (χ3v) is 18.5. The molecule has 0 amide bonds. The van der Waals surface area contributed by atoms with Crippen molar-refractivity contribution in [3.8, 4) is 5.88 Å². The van der Waals surface area contributed by atoms with Crippen molar-refractivity contribution in [2.75, 3.05) is 0 Å². The Morgan fingerprint density at radius 2 is 1.00 bits per heavy atom. The average Bonchev–Trinajstić information content (AvgIpc) is 2.94. The molecule has 0 bridgehead atoms. The van der Waals surface area contributed by atoms with Gasteiger partial charge in [-0.1, -0.05) is 83.1 Å². The summed E-state index contributed by atoms with van der Waals surface area (Å²) in [5, 5.41) is 0. The highest BCUT2D eigenvalue weighted by Crippen LogP contribution is 2.44. The molecule has 0 spiro atoms. The normalized spacial score (nSPS) is 13.7. The van der Waals surface area contributed by atoms with Crippen LogP contribution in [0.2, 0.25) is 33.2 Å². The van der Waals surface area contributed by atoms with Crippen molar-refractivity contribution in [1.29, 1.82) is 0 Å². The van der Waals surface area contributed by atoms with Crippen molar-refractivity contribution in [2.45, 2.75) is 116 Å². The third-order valence-electron chi connectivity index (χ3n) is 6.63. The topological polar surface area (TPSA) is 23.4 Å². The molecular formula is C22H45NO2Si2. The van der Waals surface area contributed by atoms with Gasteiger partial charge < -0.3 is 8.95 Å². The van der Waals surface area contributed by atoms with Crippen LogP contribution in [0.3, 0.4) is 0 Å². The van der Waals surface area contributed by atoms with E-state index in [0.717, 1.165) is 5.88 Å². The number of rotatable bonds is 10. The summed E-state index contributed by atoms with van der Waals surface area (Å²) in [4.78, 5) is 0. The molecule has 0 saturated carbocycles. The first kappa shape index (κ1) is 24.4. The number of aromatic nitrogens is 1. The smallest absolute Gasteiger partial charge is 0.292 e. The standard InChI is InChI=1S/C22H45NO2Si2/c1-16(2)26(17(3)4,18(5)6)24-22-14-13-15-23(22)25-27(19(7)8,20(9)10)21(11)12/h13-21H,1-12H3. The molecule has 1 aromatic heterocycles. The van der Waals surface area contributed by atoms with Gasteiger partial charge in [0.25, 0.3) is 16.6 Å². The molecule has 27 heavy (non-hydrogen) atoms. The van der Waals surface area contributed by atoms with E-state index in [1.54, 1.807) is 0 Å². The molecule has 1 rings (SSSR count). The molecule has 0 atom stereocenters. The van der Waals surface area contributed by atoms with Crippen molar-refractivity contribution in [3.63, 3.8) is 0 Å². The molecule has 0 fully saturated rings. The quantitative estimate of drug-likeness (QED) is 0.369. The highest BCUT2D eigenvalue weighted by molar-refractivity contribution is 6.78. The summed E-state index contributed by atoms with van der Waals surface area (Å²) in [6.07, 6.45) is 2.05. The Balaban J connectivity index is 3.37. The first-order valence-corrected chi connectivity index (χ1v) is 15.2. The van der Waals surface area contributed by atoms with Crippen molar-refractivity contribution in [2.24, 2.45) is 0 Å². The zero-order valence-electron chi connectivity index (χ0n) is 20.0. The molecule has 3 nitrogen and oxygen atoms in total. The largest absolute Gasteiger partial charge is 0.529 e. The Labute approximate surface area is 171 Å². The molecular weight excluding hydrogens is 366 g/mol. The van der Waals surface area contributed by atoms with Gasteiger partial charge in [0.1, 0.15) is 0 Å². The van der Waals surface area contributed by atoms with E-state index >= 15 is 0 Å². The maximum Gasteiger partial charge on any atom is 0.292 e. The van der Waals surface area contributed by atoms with Gasteiger partial charge in [-0.25, -0.2) is 0 Å². The van der Waals surface area contributed by atoms with E-state index in [0.29, 0.717) is 33.2 Å². The fourth-order valence-electron chi connectivity index (χ4n) is 5.53. The van der Waals surface area contributed by atoms with Gasteiger partial charge in [0, 0.05) is 12.3 Å². The van der Waals surface area contributed by atoms with Crippen molar-refractivity contribution < 1.29 is 8.95 Å². The van der Waals surface area contributed by atoms with Gasteiger partial charge in [0.15, 0.2) is 0 Å². The molecule has 0 aliphatic heterocycles. The van der Waals surface area contributed by atoms with E-state index in [9.17, 15) is 0 Å². The fraction of sp³-hybridized carbons (Fsp3) is 0.818. The van der Waals surface area contributed by atoms with E-state index in [-0.39, 0.29) is 0 Å². The zero-order chi connectivity index (χ0) is 21.2. The first-order chi connectivity index (χ1) is 12.3. The Bertz CT molecular complexity index is 485. The Kier molecular flexibility index (Phi) is 8.30. The lowest BCUT2D eigenvalue weighted by molar-refractivity contribution is 0.214. The number of hydrogen-bond donors (Lipinski definition) is 0. The lowest BCUT2D eigenvalue weighted by Crippen LogP contribution is -2.55. The van der Waals surface area contributed by atoms with Gasteiger partial charge in [-0.2, -0.15) is 4.73 Å². The number of nitrogens with zero attached hydrogens (tertiary/aromatic N) is 1. The lowest BCUT2D eigenvalue weighted by atomic mass is 10.5. The molecule has 1 heterocycles. The third kappa shape index (κ3) is 4.50. The van der Waals surface area contributed by atoms with Gasteiger partial charge in [0.2, 0.25) is 5.88 Å². The van der Waals surface area contributed by atoms with Gasteiger partial charge >= 0.3 is 0 Å². The Morgan fingerprint density at radius 3 is 1.33 bits per heavy atom. The second kappa shape index (κ2) is 9.21. The van der Waals surface area contributed by atoms with Gasteiger partial charge in [0.05, 0.1) is 0 Å². The van der Waals surface area contributed by atoms with Crippen LogP contribution in [-0.4, -0.2) is 21.4 Å². The maximum absolute atomic E-state index is 6.94. The van der Waals surface area contributed by atoms with Crippen molar-refractivity contribution in [3.05, 3.63) is 18.3 Å². The molecule has 0 saturated heterocycles. The molecule has 158 valence electrons. The minimum absolute atomic E-state index is 0.537. The number of hydrogen-bond acceptors (Lipinski definition) is 2. The highest BCUT2D eigenvalue weighted by Gasteiger charge is 2.50. The van der Waals surface area contributed by atoms with Crippen LogP contribution in [0.25, 0.3) is 0 Å². The van der Waals surface area contributed by atoms with Gasteiger partial charge in [-0.05, 0) is 39.3 Å². The summed E-state index contributed by atoms with van der Waals surface area (Å²) in [6.45, 7) is 27.9. The van der Waals surface area contributed by atoms with Crippen LogP contribution in [0, 0.1) is 0 Å². The van der Waals surface area contributed by atoms with E-state index in [4.69, 9.17) is 8.95 Å². The summed E-state index contributed by atoms with van der Waals surface area (Å²) in [5.74, 6) is 0.900. The first-order valence-electron chi connectivity index (χ1n) is 10.9. The van der Waals surface area contributed by atoms with Crippen LogP contribution in [-0.2, 0) is 0 Å². The van der Waals surface area contributed by atoms with Gasteiger partial charge in [-0.3, -0.25) is 0 Å². The molecule has 0 unspecified atom stereocenters. The fourth-order valence-corrected chi connectivity index (χ4v) is 15.9. The molecule has 5 heteroatoms. The zero-order valence-corrected chi connectivity index (χ0v) is 22.0. The lowest BCUT2D eigenvalue weighted by Gasteiger charge is -2.44. The summed E-state index contributed by atoms with van der Waals surface area (Å²) >= 11 is 0. The molecule has 1 aromatic rings. The predicted molar refractivity (Wildman–Crippen MR) is 124 cm³/mol. The second-order valence-electron chi connectivity index (χ2n) is 10.0. The van der Waals surface area contributed by atoms with Crippen LogP contribution in [0.15, 0.2) is 18.3 Å². The summed E-state index contributed by atoms with van der Waals surface area (Å²) in [5.41, 5.74) is 3.24. The molecule has 0 N–H and O–H groups in total. The minimum Gasteiger partial charge on any atom is -0.529 e. The monoisotopic (exact) mass is 411 g/mol. The Hall–Kier alpha value is -0.686. The summed E-state index contributed by atoms with van der Waals surface area (Å²) in [7, 11) is -4.03. The van der Waals surface area contributed by atoms with Crippen LogP contribution in [0.5, 0.6) is 5.88 Å². The van der Waals surface area contributed by atoms with E-state index in [1.807, 2.05) is 10.9 Å². The molecule has 0 aliphatic carbocycles. The van der Waals surface area contributed by atoms with Crippen LogP contribution < -0.4 is 8.95 Å². The van der Waals surface area contributed by atoms with Crippen LogP contribution >= 0.6 is 0 Å². The highest BCUT2D eigenvalue weighted by atomic mass is 28.4. The SMILES string of the molecule is CC(C)[Si](Oc1cccn1O[Si](C(C)C)(C(C)C)C(C)C)(C(C)C)C(C)C. The van der Waals surface area contributed by atoms with Crippen molar-refractivity contribution >= 4 is 16.6 Å². The van der Waals surface area contributed by atoms with Gasteiger partial charge in [-0.15, -0.1) is 0 Å². The van der Waals surface area contributed by atoms with E-state index < -0.39 is 16.6 Å². The maximum atomic E-state index is 6.94. The summed E-state index contributed by atoms with van der Waals surface area (Å²) in [6, 6.07) is 4.16. The second-order valence-corrected chi connectivity index (χ2v) is 20.7. The van der Waals surface area contributed by atoms with E-state index in [2.05, 4.69) is 95.2 Å². The average molecular weight is 412 g/mol. The van der Waals surface area contributed by atoms with Crippen LogP contribution in [0.1, 0.15) is 83.1 Å². The van der Waals surface area contributed by atoms with Crippen molar-refractivity contribution in [1.82, 2.24) is 4.73 Å². The minimum atomic E-state index is -2.02. The molecule has 0 radical (unpaired) electrons. The molecule has 0 aliphatic rings. The van der Waals surface area contributed by atoms with Crippen LogP contribution in [0.4, 0.5) is 0 Å². The van der Waals surface area contributed by atoms with E-state index in [1.165, 1.54) is 0 Å².